The van der Waals surface area contributed by atoms with Gasteiger partial charge in [-0.25, -0.2) is 4.79 Å². The fraction of sp³-hybridized carbons (Fsp3) is 0.722. The van der Waals surface area contributed by atoms with Gasteiger partial charge in [-0.05, 0) is 32.1 Å². The van der Waals surface area contributed by atoms with Crippen molar-refractivity contribution in [3.05, 3.63) is 0 Å². The van der Waals surface area contributed by atoms with Gasteiger partial charge in [-0.2, -0.15) is 0 Å². The quantitative estimate of drug-likeness (QED) is 0.282. The predicted octanol–water partition coefficient (Wildman–Crippen LogP) is -1.70. The van der Waals surface area contributed by atoms with Gasteiger partial charge in [-0.3, -0.25) is 19.2 Å². The summed E-state index contributed by atoms with van der Waals surface area (Å²) in [6, 6.07) is -3.78. The molecule has 0 radical (unpaired) electrons. The molecule has 0 saturated carbocycles. The maximum absolute atomic E-state index is 12.6. The van der Waals surface area contributed by atoms with E-state index >= 15 is 0 Å². The molecule has 4 amide bonds. The Morgan fingerprint density at radius 1 is 1.14 bits per heavy atom. The molecule has 11 heteroatoms. The number of amides is 4. The normalized spacial score (nSPS) is 19.3. The van der Waals surface area contributed by atoms with Gasteiger partial charge in [-0.1, -0.05) is 13.8 Å². The molecule has 1 heterocycles. The molecule has 0 spiro atoms. The molecular weight excluding hydrogens is 382 g/mol. The Balaban J connectivity index is 2.69. The number of carboxylic acids is 1. The van der Waals surface area contributed by atoms with Crippen molar-refractivity contribution in [3.63, 3.8) is 0 Å². The van der Waals surface area contributed by atoms with Crippen molar-refractivity contribution in [2.45, 2.75) is 70.6 Å². The van der Waals surface area contributed by atoms with Gasteiger partial charge in [0.1, 0.15) is 18.1 Å². The molecule has 4 unspecified atom stereocenters. The van der Waals surface area contributed by atoms with Crippen LogP contribution >= 0.6 is 0 Å². The van der Waals surface area contributed by atoms with Crippen molar-refractivity contribution in [1.29, 1.82) is 0 Å². The summed E-state index contributed by atoms with van der Waals surface area (Å²) in [6.07, 6.45) is 0.735. The number of nitrogens with one attached hydrogen (secondary N) is 2. The number of rotatable bonds is 10. The zero-order valence-electron chi connectivity index (χ0n) is 17.0. The van der Waals surface area contributed by atoms with Crippen LogP contribution in [0.2, 0.25) is 0 Å². The second-order valence-electron chi connectivity index (χ2n) is 7.59. The van der Waals surface area contributed by atoms with Gasteiger partial charge >= 0.3 is 5.97 Å². The molecule has 1 aliphatic rings. The number of aliphatic carboxylic acids is 1. The highest BCUT2D eigenvalue weighted by Gasteiger charge is 2.37. The summed E-state index contributed by atoms with van der Waals surface area (Å²) in [5.41, 5.74) is 10.9. The minimum Gasteiger partial charge on any atom is -0.480 e. The second-order valence-corrected chi connectivity index (χ2v) is 7.59. The van der Waals surface area contributed by atoms with Gasteiger partial charge in [0.05, 0.1) is 6.04 Å². The van der Waals surface area contributed by atoms with Crippen molar-refractivity contribution in [2.75, 3.05) is 6.54 Å². The monoisotopic (exact) mass is 413 g/mol. The Bertz CT molecular complexity index is 653. The Morgan fingerprint density at radius 3 is 2.28 bits per heavy atom. The lowest BCUT2D eigenvalue weighted by Gasteiger charge is -2.29. The van der Waals surface area contributed by atoms with Crippen molar-refractivity contribution in [2.24, 2.45) is 17.4 Å². The van der Waals surface area contributed by atoms with Gasteiger partial charge in [0.25, 0.3) is 0 Å². The summed E-state index contributed by atoms with van der Waals surface area (Å²) in [5.74, 6) is -3.61. The fourth-order valence-electron chi connectivity index (χ4n) is 3.00. The van der Waals surface area contributed by atoms with Crippen LogP contribution in [0.5, 0.6) is 0 Å². The van der Waals surface area contributed by atoms with Crippen LogP contribution < -0.4 is 22.1 Å². The molecule has 1 aliphatic heterocycles. The van der Waals surface area contributed by atoms with Crippen LogP contribution in [-0.2, 0) is 24.0 Å². The van der Waals surface area contributed by atoms with E-state index in [0.717, 1.165) is 0 Å². The van der Waals surface area contributed by atoms with Gasteiger partial charge < -0.3 is 32.1 Å². The number of likely N-dealkylation sites (tertiary alicyclic amines) is 1. The number of hydrogen-bond acceptors (Lipinski definition) is 6. The Morgan fingerprint density at radius 2 is 1.76 bits per heavy atom. The predicted molar refractivity (Wildman–Crippen MR) is 103 cm³/mol. The standard InChI is InChI=1S/C18H31N5O6/c1-9(2)14(20)17(27)23-8-4-5-12(23)16(26)21-10(3)15(25)22-11(18(28)29)6-7-13(19)24/h9-12,14H,4-8,20H2,1-3H3,(H2,19,24)(H,21,26)(H,22,25)(H,28,29). The second kappa shape index (κ2) is 10.7. The third-order valence-corrected chi connectivity index (χ3v) is 4.89. The largest absolute Gasteiger partial charge is 0.480 e. The lowest BCUT2D eigenvalue weighted by molar-refractivity contribution is -0.143. The minimum absolute atomic E-state index is 0.0788. The average molecular weight is 413 g/mol. The van der Waals surface area contributed by atoms with E-state index in [1.54, 1.807) is 0 Å². The van der Waals surface area contributed by atoms with Crippen LogP contribution in [0.4, 0.5) is 0 Å². The molecule has 0 bridgehead atoms. The first-order valence-electron chi connectivity index (χ1n) is 9.63. The van der Waals surface area contributed by atoms with Crippen LogP contribution in [0.15, 0.2) is 0 Å². The van der Waals surface area contributed by atoms with E-state index in [9.17, 15) is 24.0 Å². The first-order chi connectivity index (χ1) is 13.5. The third kappa shape index (κ3) is 7.00. The van der Waals surface area contributed by atoms with E-state index in [2.05, 4.69) is 10.6 Å². The molecular formula is C18H31N5O6. The van der Waals surface area contributed by atoms with Gasteiger partial charge in [0, 0.05) is 13.0 Å². The van der Waals surface area contributed by atoms with E-state index in [1.165, 1.54) is 11.8 Å². The van der Waals surface area contributed by atoms with E-state index < -0.39 is 47.9 Å². The number of nitrogens with two attached hydrogens (primary N) is 2. The highest BCUT2D eigenvalue weighted by atomic mass is 16.4. The minimum atomic E-state index is -1.31. The van der Waals surface area contributed by atoms with Gasteiger partial charge in [-0.15, -0.1) is 0 Å². The van der Waals surface area contributed by atoms with Crippen molar-refractivity contribution >= 4 is 29.6 Å². The summed E-state index contributed by atoms with van der Waals surface area (Å²) in [4.78, 5) is 60.9. The maximum Gasteiger partial charge on any atom is 0.326 e. The molecule has 29 heavy (non-hydrogen) atoms. The lowest BCUT2D eigenvalue weighted by atomic mass is 10.0. The molecule has 4 atom stereocenters. The van der Waals surface area contributed by atoms with Crippen LogP contribution in [0.25, 0.3) is 0 Å². The van der Waals surface area contributed by atoms with E-state index in [1.807, 2.05) is 13.8 Å². The Labute approximate surface area is 169 Å². The summed E-state index contributed by atoms with van der Waals surface area (Å²) < 4.78 is 0. The maximum atomic E-state index is 12.6. The number of primary amides is 1. The highest BCUT2D eigenvalue weighted by molar-refractivity contribution is 5.94. The molecule has 0 aliphatic carbocycles. The van der Waals surface area contributed by atoms with Crippen LogP contribution in [0.1, 0.15) is 46.5 Å². The van der Waals surface area contributed by atoms with Crippen LogP contribution in [-0.4, -0.2) is 70.3 Å². The van der Waals surface area contributed by atoms with Gasteiger partial charge in [0.15, 0.2) is 0 Å². The van der Waals surface area contributed by atoms with E-state index in [0.29, 0.717) is 19.4 Å². The van der Waals surface area contributed by atoms with Gasteiger partial charge in [0.2, 0.25) is 23.6 Å². The lowest BCUT2D eigenvalue weighted by Crippen LogP contribution is -2.56. The molecule has 1 saturated heterocycles. The number of nitrogens with zero attached hydrogens (tertiary/aromatic N) is 1. The number of carbonyl (C=O) groups is 5. The van der Waals surface area contributed by atoms with E-state index in [4.69, 9.17) is 16.6 Å². The Kier molecular flexibility index (Phi) is 9.02. The first-order valence-corrected chi connectivity index (χ1v) is 9.63. The molecule has 7 N–H and O–H groups in total. The molecule has 164 valence electrons. The molecule has 0 aromatic heterocycles. The summed E-state index contributed by atoms with van der Waals surface area (Å²) in [5, 5.41) is 13.9. The smallest absolute Gasteiger partial charge is 0.326 e. The van der Waals surface area contributed by atoms with E-state index in [-0.39, 0.29) is 24.7 Å². The molecule has 1 fully saturated rings. The average Bonchev–Trinajstić information content (AvgIpc) is 3.12. The number of carboxylic acid groups (broad SMARTS) is 1. The summed E-state index contributed by atoms with van der Waals surface area (Å²) in [6.45, 7) is 5.45. The zero-order valence-corrected chi connectivity index (χ0v) is 17.0. The number of hydrogen-bond donors (Lipinski definition) is 5. The SMILES string of the molecule is CC(NC(=O)C1CCCN1C(=O)C(N)C(C)C)C(=O)NC(CCC(N)=O)C(=O)O. The fourth-order valence-corrected chi connectivity index (χ4v) is 3.00. The van der Waals surface area contributed by atoms with Crippen molar-refractivity contribution < 1.29 is 29.1 Å². The Hall–Kier alpha value is -2.69. The molecule has 1 rings (SSSR count). The summed E-state index contributed by atoms with van der Waals surface area (Å²) >= 11 is 0. The molecule has 11 nitrogen and oxygen atoms in total. The number of carbonyl (C=O) groups excluding carboxylic acids is 4. The molecule has 0 aromatic carbocycles. The van der Waals surface area contributed by atoms with Crippen LogP contribution in [0.3, 0.4) is 0 Å². The third-order valence-electron chi connectivity index (χ3n) is 4.89. The zero-order chi connectivity index (χ0) is 22.3. The topological polar surface area (TPSA) is 185 Å². The van der Waals surface area contributed by atoms with Crippen molar-refractivity contribution in [3.8, 4) is 0 Å². The van der Waals surface area contributed by atoms with Crippen molar-refractivity contribution in [1.82, 2.24) is 15.5 Å². The molecule has 0 aromatic rings. The highest BCUT2D eigenvalue weighted by Crippen LogP contribution is 2.20. The van der Waals surface area contributed by atoms with Crippen LogP contribution in [0, 0.1) is 5.92 Å². The summed E-state index contributed by atoms with van der Waals surface area (Å²) in [7, 11) is 0. The first kappa shape index (κ1) is 24.3.